The van der Waals surface area contributed by atoms with E-state index in [-0.39, 0.29) is 0 Å². The summed E-state index contributed by atoms with van der Waals surface area (Å²) in [4.78, 5) is 4.55. The molecule has 0 saturated carbocycles. The van der Waals surface area contributed by atoms with Gasteiger partial charge in [-0.1, -0.05) is 31.2 Å². The largest absolute Gasteiger partial charge is 0.310 e. The fourth-order valence-corrected chi connectivity index (χ4v) is 3.57. The highest BCUT2D eigenvalue weighted by atomic mass is 79.9. The summed E-state index contributed by atoms with van der Waals surface area (Å²) in [5.74, 6) is 0.619. The third-order valence-electron chi connectivity index (χ3n) is 4.33. The van der Waals surface area contributed by atoms with Crippen molar-refractivity contribution < 1.29 is 0 Å². The molecular formula is C18H21BrN2. The first-order chi connectivity index (χ1) is 10.3. The summed E-state index contributed by atoms with van der Waals surface area (Å²) in [7, 11) is 0. The standard InChI is InChI=1S/C18H21BrN2/c1-2-20-18-14(11-16-10-9-15(19)12-21-16)8-7-13-5-3-4-6-17(13)18/h3-6,9-10,12,14,18,20H,2,7-8,11H2,1H3. The molecule has 0 spiro atoms. The van der Waals surface area contributed by atoms with E-state index in [2.05, 4.69) is 69.6 Å². The number of halogens is 1. The summed E-state index contributed by atoms with van der Waals surface area (Å²) in [5, 5.41) is 3.69. The minimum Gasteiger partial charge on any atom is -0.310 e. The zero-order valence-corrected chi connectivity index (χ0v) is 13.9. The molecule has 0 amide bonds. The molecule has 1 aliphatic carbocycles. The molecule has 0 radical (unpaired) electrons. The van der Waals surface area contributed by atoms with Gasteiger partial charge < -0.3 is 5.32 Å². The molecule has 0 saturated heterocycles. The molecule has 2 nitrogen and oxygen atoms in total. The van der Waals surface area contributed by atoms with Crippen LogP contribution in [-0.2, 0) is 12.8 Å². The highest BCUT2D eigenvalue weighted by Crippen LogP contribution is 2.36. The van der Waals surface area contributed by atoms with Crippen LogP contribution in [0.1, 0.15) is 36.2 Å². The van der Waals surface area contributed by atoms with Gasteiger partial charge in [-0.2, -0.15) is 0 Å². The second kappa shape index (κ2) is 6.71. The van der Waals surface area contributed by atoms with E-state index in [0.717, 1.165) is 17.4 Å². The van der Waals surface area contributed by atoms with Crippen molar-refractivity contribution in [3.05, 3.63) is 63.9 Å². The van der Waals surface area contributed by atoms with Gasteiger partial charge in [-0.25, -0.2) is 0 Å². The van der Waals surface area contributed by atoms with Gasteiger partial charge in [0.15, 0.2) is 0 Å². The molecule has 1 aromatic heterocycles. The Kier molecular flexibility index (Phi) is 4.71. The second-order valence-electron chi connectivity index (χ2n) is 5.70. The highest BCUT2D eigenvalue weighted by Gasteiger charge is 2.28. The topological polar surface area (TPSA) is 24.9 Å². The fraction of sp³-hybridized carbons (Fsp3) is 0.389. The van der Waals surface area contributed by atoms with Crippen LogP contribution in [0.15, 0.2) is 47.1 Å². The summed E-state index contributed by atoms with van der Waals surface area (Å²) in [6.07, 6.45) is 5.35. The van der Waals surface area contributed by atoms with E-state index in [1.807, 2.05) is 6.20 Å². The van der Waals surface area contributed by atoms with Crippen LogP contribution in [0.25, 0.3) is 0 Å². The maximum absolute atomic E-state index is 4.55. The summed E-state index contributed by atoms with van der Waals surface area (Å²) in [6, 6.07) is 13.5. The van der Waals surface area contributed by atoms with Gasteiger partial charge in [0.05, 0.1) is 0 Å². The monoisotopic (exact) mass is 344 g/mol. The number of rotatable bonds is 4. The zero-order valence-electron chi connectivity index (χ0n) is 12.3. The Morgan fingerprint density at radius 3 is 2.86 bits per heavy atom. The van der Waals surface area contributed by atoms with E-state index in [1.54, 1.807) is 0 Å². The maximum atomic E-state index is 4.55. The lowest BCUT2D eigenvalue weighted by atomic mass is 9.77. The van der Waals surface area contributed by atoms with Gasteiger partial charge in [-0.05, 0) is 70.9 Å². The van der Waals surface area contributed by atoms with E-state index < -0.39 is 0 Å². The number of hydrogen-bond donors (Lipinski definition) is 1. The van der Waals surface area contributed by atoms with Crippen LogP contribution in [0.3, 0.4) is 0 Å². The number of pyridine rings is 1. The fourth-order valence-electron chi connectivity index (χ4n) is 3.34. The summed E-state index contributed by atoms with van der Waals surface area (Å²) in [6.45, 7) is 3.19. The molecule has 1 N–H and O–H groups in total. The Bertz CT molecular complexity index is 594. The lowest BCUT2D eigenvalue weighted by molar-refractivity contribution is 0.321. The highest BCUT2D eigenvalue weighted by molar-refractivity contribution is 9.10. The van der Waals surface area contributed by atoms with Crippen molar-refractivity contribution in [3.63, 3.8) is 0 Å². The number of nitrogens with one attached hydrogen (secondary N) is 1. The number of fused-ring (bicyclic) bond motifs is 1. The minimum atomic E-state index is 0.449. The molecule has 3 rings (SSSR count). The van der Waals surface area contributed by atoms with Crippen molar-refractivity contribution in [2.45, 2.75) is 32.2 Å². The van der Waals surface area contributed by atoms with E-state index in [1.165, 1.54) is 29.7 Å². The quantitative estimate of drug-likeness (QED) is 0.894. The first-order valence-corrected chi connectivity index (χ1v) is 8.49. The van der Waals surface area contributed by atoms with Gasteiger partial charge >= 0.3 is 0 Å². The summed E-state index contributed by atoms with van der Waals surface area (Å²) in [5.41, 5.74) is 4.17. The lowest BCUT2D eigenvalue weighted by Crippen LogP contribution is -2.33. The first-order valence-electron chi connectivity index (χ1n) is 7.69. The average molecular weight is 345 g/mol. The SMILES string of the molecule is CCNC1c2ccccc2CCC1Cc1ccc(Br)cn1. The molecule has 2 atom stereocenters. The number of hydrogen-bond acceptors (Lipinski definition) is 2. The Morgan fingerprint density at radius 2 is 2.10 bits per heavy atom. The molecular weight excluding hydrogens is 324 g/mol. The molecule has 2 unspecified atom stereocenters. The average Bonchev–Trinajstić information content (AvgIpc) is 2.52. The van der Waals surface area contributed by atoms with Gasteiger partial charge in [-0.15, -0.1) is 0 Å². The second-order valence-corrected chi connectivity index (χ2v) is 6.62. The third-order valence-corrected chi connectivity index (χ3v) is 4.80. The Balaban J connectivity index is 1.83. The van der Waals surface area contributed by atoms with E-state index >= 15 is 0 Å². The van der Waals surface area contributed by atoms with Gasteiger partial charge in [0.25, 0.3) is 0 Å². The smallest absolute Gasteiger partial charge is 0.0413 e. The van der Waals surface area contributed by atoms with Gasteiger partial charge in [0.1, 0.15) is 0 Å². The molecule has 110 valence electrons. The van der Waals surface area contributed by atoms with Crippen LogP contribution in [0.4, 0.5) is 0 Å². The summed E-state index contributed by atoms with van der Waals surface area (Å²) < 4.78 is 1.04. The number of nitrogens with zero attached hydrogens (tertiary/aromatic N) is 1. The molecule has 2 aromatic rings. The van der Waals surface area contributed by atoms with Crippen LogP contribution in [0.2, 0.25) is 0 Å². The first kappa shape index (κ1) is 14.7. The number of benzene rings is 1. The van der Waals surface area contributed by atoms with Crippen LogP contribution >= 0.6 is 15.9 Å². The van der Waals surface area contributed by atoms with Crippen LogP contribution in [0.5, 0.6) is 0 Å². The van der Waals surface area contributed by atoms with Crippen molar-refractivity contribution in [3.8, 4) is 0 Å². The van der Waals surface area contributed by atoms with Gasteiger partial charge in [-0.3, -0.25) is 4.98 Å². The van der Waals surface area contributed by atoms with E-state index in [9.17, 15) is 0 Å². The van der Waals surface area contributed by atoms with E-state index in [4.69, 9.17) is 0 Å². The molecule has 0 aliphatic heterocycles. The van der Waals surface area contributed by atoms with Crippen LogP contribution < -0.4 is 5.32 Å². The molecule has 3 heteroatoms. The van der Waals surface area contributed by atoms with E-state index in [0.29, 0.717) is 12.0 Å². The number of aromatic nitrogens is 1. The van der Waals surface area contributed by atoms with Crippen molar-refractivity contribution in [2.75, 3.05) is 6.54 Å². The number of aryl methyl sites for hydroxylation is 1. The van der Waals surface area contributed by atoms with Gasteiger partial charge in [0.2, 0.25) is 0 Å². The molecule has 1 heterocycles. The summed E-state index contributed by atoms with van der Waals surface area (Å²) >= 11 is 3.45. The third kappa shape index (κ3) is 3.35. The molecule has 21 heavy (non-hydrogen) atoms. The van der Waals surface area contributed by atoms with Crippen molar-refractivity contribution in [2.24, 2.45) is 5.92 Å². The van der Waals surface area contributed by atoms with Crippen LogP contribution in [0, 0.1) is 5.92 Å². The van der Waals surface area contributed by atoms with Gasteiger partial charge in [0, 0.05) is 22.4 Å². The molecule has 1 aromatic carbocycles. The molecule has 1 aliphatic rings. The van der Waals surface area contributed by atoms with Crippen molar-refractivity contribution in [1.82, 2.24) is 10.3 Å². The van der Waals surface area contributed by atoms with Crippen molar-refractivity contribution in [1.29, 1.82) is 0 Å². The predicted octanol–water partition coefficient (Wildman–Crippen LogP) is 4.30. The van der Waals surface area contributed by atoms with Crippen LogP contribution in [-0.4, -0.2) is 11.5 Å². The lowest BCUT2D eigenvalue weighted by Gasteiger charge is -2.34. The molecule has 0 bridgehead atoms. The minimum absolute atomic E-state index is 0.449. The Hall–Kier alpha value is -1.19. The molecule has 0 fully saturated rings. The normalized spacial score (nSPS) is 21.0. The van der Waals surface area contributed by atoms with Crippen molar-refractivity contribution >= 4 is 15.9 Å². The Labute approximate surface area is 135 Å². The Morgan fingerprint density at radius 1 is 1.24 bits per heavy atom. The zero-order chi connectivity index (χ0) is 14.7. The predicted molar refractivity (Wildman–Crippen MR) is 90.3 cm³/mol. The maximum Gasteiger partial charge on any atom is 0.0413 e.